The molecule has 1 atom stereocenters. The highest BCUT2D eigenvalue weighted by atomic mass is 16.5. The van der Waals surface area contributed by atoms with Gasteiger partial charge in [0.1, 0.15) is 12.7 Å². The largest absolute Gasteiger partial charge is 0.370 e. The molecule has 0 aliphatic heterocycles. The van der Waals surface area contributed by atoms with Crippen molar-refractivity contribution in [2.45, 2.75) is 39.4 Å². The fourth-order valence-corrected chi connectivity index (χ4v) is 1.45. The predicted molar refractivity (Wildman–Crippen MR) is 62.3 cm³/mol. The van der Waals surface area contributed by atoms with E-state index in [1.807, 2.05) is 6.92 Å². The van der Waals surface area contributed by atoms with E-state index in [1.54, 1.807) is 0 Å². The van der Waals surface area contributed by atoms with Gasteiger partial charge in [-0.25, -0.2) is 0 Å². The Labute approximate surface area is 101 Å². The first-order chi connectivity index (χ1) is 8.31. The lowest BCUT2D eigenvalue weighted by atomic mass is 10.2. The quantitative estimate of drug-likeness (QED) is 0.660. The highest BCUT2D eigenvalue weighted by Gasteiger charge is 2.17. The van der Waals surface area contributed by atoms with Crippen molar-refractivity contribution in [3.63, 3.8) is 0 Å². The van der Waals surface area contributed by atoms with Crippen molar-refractivity contribution in [1.29, 1.82) is 0 Å². The highest BCUT2D eigenvalue weighted by molar-refractivity contribution is 4.90. The molecule has 98 valence electrons. The van der Waals surface area contributed by atoms with Crippen LogP contribution in [0.15, 0.2) is 4.52 Å². The summed E-state index contributed by atoms with van der Waals surface area (Å²) in [7, 11) is 0. The molecule has 0 amide bonds. The Morgan fingerprint density at radius 2 is 2.24 bits per heavy atom. The Hall–Kier alpha value is -0.980. The number of nitrogens with zero attached hydrogens (tertiary/aromatic N) is 2. The first kappa shape index (κ1) is 14.1. The SMILES string of the molecule is CCCC(OCC)c1noc(COCCN)n1. The molecule has 6 nitrogen and oxygen atoms in total. The molecule has 1 aromatic heterocycles. The molecule has 2 N–H and O–H groups in total. The molecule has 0 saturated carbocycles. The molecule has 0 aliphatic rings. The normalized spacial score (nSPS) is 12.9. The average molecular weight is 243 g/mol. The first-order valence-corrected chi connectivity index (χ1v) is 6.03. The van der Waals surface area contributed by atoms with Crippen molar-refractivity contribution in [2.24, 2.45) is 5.73 Å². The summed E-state index contributed by atoms with van der Waals surface area (Å²) < 4.78 is 15.9. The van der Waals surface area contributed by atoms with Crippen LogP contribution >= 0.6 is 0 Å². The summed E-state index contributed by atoms with van der Waals surface area (Å²) in [6.07, 6.45) is 1.81. The summed E-state index contributed by atoms with van der Waals surface area (Å²) in [5, 5.41) is 3.91. The van der Waals surface area contributed by atoms with E-state index in [1.165, 1.54) is 0 Å². The fraction of sp³-hybridized carbons (Fsp3) is 0.818. The summed E-state index contributed by atoms with van der Waals surface area (Å²) in [4.78, 5) is 4.25. The van der Waals surface area contributed by atoms with Crippen molar-refractivity contribution in [3.05, 3.63) is 11.7 Å². The third-order valence-electron chi connectivity index (χ3n) is 2.18. The maximum atomic E-state index is 5.56. The van der Waals surface area contributed by atoms with Crippen LogP contribution in [0.3, 0.4) is 0 Å². The van der Waals surface area contributed by atoms with Gasteiger partial charge in [-0.1, -0.05) is 18.5 Å². The Kier molecular flexibility index (Phi) is 6.76. The molecule has 0 spiro atoms. The molecular weight excluding hydrogens is 222 g/mol. The Bertz CT molecular complexity index is 298. The van der Waals surface area contributed by atoms with Gasteiger partial charge in [0.25, 0.3) is 5.89 Å². The van der Waals surface area contributed by atoms with Crippen LogP contribution in [0, 0.1) is 0 Å². The third-order valence-corrected chi connectivity index (χ3v) is 2.18. The zero-order valence-electron chi connectivity index (χ0n) is 10.5. The van der Waals surface area contributed by atoms with Gasteiger partial charge < -0.3 is 19.7 Å². The molecule has 1 unspecified atom stereocenters. The van der Waals surface area contributed by atoms with Crippen LogP contribution in [0.1, 0.15) is 44.5 Å². The van der Waals surface area contributed by atoms with Crippen molar-refractivity contribution >= 4 is 0 Å². The van der Waals surface area contributed by atoms with E-state index in [4.69, 9.17) is 19.7 Å². The van der Waals surface area contributed by atoms with Gasteiger partial charge in [0.2, 0.25) is 5.82 Å². The number of aromatic nitrogens is 2. The van der Waals surface area contributed by atoms with Gasteiger partial charge in [-0.15, -0.1) is 0 Å². The lowest BCUT2D eigenvalue weighted by Gasteiger charge is -2.11. The van der Waals surface area contributed by atoms with Gasteiger partial charge in [-0.05, 0) is 13.3 Å². The van der Waals surface area contributed by atoms with Crippen LogP contribution in [0.4, 0.5) is 0 Å². The Morgan fingerprint density at radius 1 is 1.41 bits per heavy atom. The molecule has 0 fully saturated rings. The van der Waals surface area contributed by atoms with Crippen molar-refractivity contribution in [3.8, 4) is 0 Å². The van der Waals surface area contributed by atoms with E-state index in [0.717, 1.165) is 12.8 Å². The van der Waals surface area contributed by atoms with Crippen LogP contribution in [0.5, 0.6) is 0 Å². The van der Waals surface area contributed by atoms with Crippen LogP contribution in [0.2, 0.25) is 0 Å². The number of hydrogen-bond acceptors (Lipinski definition) is 6. The minimum Gasteiger partial charge on any atom is -0.370 e. The zero-order valence-corrected chi connectivity index (χ0v) is 10.5. The standard InChI is InChI=1S/C11H21N3O3/c1-3-5-9(16-4-2)11-13-10(17-14-11)8-15-7-6-12/h9H,3-8,12H2,1-2H3. The molecule has 1 heterocycles. The van der Waals surface area contributed by atoms with Gasteiger partial charge in [-0.2, -0.15) is 4.98 Å². The van der Waals surface area contributed by atoms with E-state index in [9.17, 15) is 0 Å². The second kappa shape index (κ2) is 8.16. The van der Waals surface area contributed by atoms with Crippen LogP contribution in [-0.2, 0) is 16.1 Å². The molecule has 0 aromatic carbocycles. The van der Waals surface area contributed by atoms with Gasteiger partial charge in [0.05, 0.1) is 6.61 Å². The maximum Gasteiger partial charge on any atom is 0.252 e. The van der Waals surface area contributed by atoms with E-state index in [0.29, 0.717) is 38.1 Å². The molecule has 0 saturated heterocycles. The number of nitrogens with two attached hydrogens (primary N) is 1. The molecule has 0 radical (unpaired) electrons. The van der Waals surface area contributed by atoms with E-state index in [2.05, 4.69) is 17.1 Å². The third kappa shape index (κ3) is 4.80. The van der Waals surface area contributed by atoms with Crippen molar-refractivity contribution < 1.29 is 14.0 Å². The number of hydrogen-bond donors (Lipinski definition) is 1. The Morgan fingerprint density at radius 3 is 2.88 bits per heavy atom. The second-order valence-corrected chi connectivity index (χ2v) is 3.62. The minimum absolute atomic E-state index is 0.0861. The van der Waals surface area contributed by atoms with E-state index < -0.39 is 0 Å². The second-order valence-electron chi connectivity index (χ2n) is 3.62. The number of ether oxygens (including phenoxy) is 2. The summed E-state index contributed by atoms with van der Waals surface area (Å²) in [5.74, 6) is 1.06. The summed E-state index contributed by atoms with van der Waals surface area (Å²) in [6, 6.07) is 0. The molecule has 0 bridgehead atoms. The molecule has 17 heavy (non-hydrogen) atoms. The monoisotopic (exact) mass is 243 g/mol. The van der Waals surface area contributed by atoms with Crippen LogP contribution in [0.25, 0.3) is 0 Å². The Balaban J connectivity index is 2.51. The van der Waals surface area contributed by atoms with E-state index in [-0.39, 0.29) is 6.10 Å². The van der Waals surface area contributed by atoms with Crippen LogP contribution in [-0.4, -0.2) is 29.9 Å². The molecule has 1 aromatic rings. The fourth-order valence-electron chi connectivity index (χ4n) is 1.45. The maximum absolute atomic E-state index is 5.56. The molecular formula is C11H21N3O3. The zero-order chi connectivity index (χ0) is 12.5. The summed E-state index contributed by atoms with van der Waals surface area (Å²) in [6.45, 7) is 5.96. The molecule has 1 rings (SSSR count). The lowest BCUT2D eigenvalue weighted by Crippen LogP contribution is -2.08. The van der Waals surface area contributed by atoms with E-state index >= 15 is 0 Å². The smallest absolute Gasteiger partial charge is 0.252 e. The van der Waals surface area contributed by atoms with Crippen molar-refractivity contribution in [2.75, 3.05) is 19.8 Å². The lowest BCUT2D eigenvalue weighted by molar-refractivity contribution is 0.0477. The topological polar surface area (TPSA) is 83.4 Å². The number of rotatable bonds is 9. The summed E-state index contributed by atoms with van der Waals surface area (Å²) >= 11 is 0. The minimum atomic E-state index is -0.0861. The van der Waals surface area contributed by atoms with Gasteiger partial charge >= 0.3 is 0 Å². The van der Waals surface area contributed by atoms with Crippen LogP contribution < -0.4 is 5.73 Å². The average Bonchev–Trinajstić information content (AvgIpc) is 2.78. The van der Waals surface area contributed by atoms with Gasteiger partial charge in [-0.3, -0.25) is 0 Å². The van der Waals surface area contributed by atoms with Gasteiger partial charge in [0.15, 0.2) is 0 Å². The molecule has 0 aliphatic carbocycles. The predicted octanol–water partition coefficient (Wildman–Crippen LogP) is 1.42. The van der Waals surface area contributed by atoms with Gasteiger partial charge in [0, 0.05) is 13.2 Å². The summed E-state index contributed by atoms with van der Waals surface area (Å²) in [5.41, 5.74) is 5.31. The molecule has 6 heteroatoms. The first-order valence-electron chi connectivity index (χ1n) is 6.03. The van der Waals surface area contributed by atoms with Crippen molar-refractivity contribution in [1.82, 2.24) is 10.1 Å². The highest BCUT2D eigenvalue weighted by Crippen LogP contribution is 2.19.